The smallest absolute Gasteiger partial charge is 0.324 e. The second kappa shape index (κ2) is 5.66. The molecule has 104 valence electrons. The Balaban J connectivity index is 1.92. The molecule has 2 heterocycles. The molecule has 6 nitrogen and oxygen atoms in total. The maximum atomic E-state index is 12.0. The van der Waals surface area contributed by atoms with Gasteiger partial charge >= 0.3 is 5.00 Å². The highest BCUT2D eigenvalue weighted by molar-refractivity contribution is 7.17. The third kappa shape index (κ3) is 3.30. The number of amides is 1. The van der Waals surface area contributed by atoms with E-state index in [1.54, 1.807) is 0 Å². The standard InChI is InChI=1S/C12H17N3O3S/c1-8(2)14-6-5-9(7-14)13-12(16)10-3-4-11(19-10)15(17)18/h3-4,8-9H,5-7H2,1-2H3,(H,13,16). The molecule has 1 aromatic rings. The molecule has 1 unspecified atom stereocenters. The lowest BCUT2D eigenvalue weighted by atomic mass is 10.2. The zero-order valence-electron chi connectivity index (χ0n) is 11.0. The van der Waals surface area contributed by atoms with Crippen molar-refractivity contribution in [1.29, 1.82) is 0 Å². The molecule has 0 saturated carbocycles. The average Bonchev–Trinajstić information content (AvgIpc) is 2.96. The summed E-state index contributed by atoms with van der Waals surface area (Å²) in [5.41, 5.74) is 0. The number of nitrogens with zero attached hydrogens (tertiary/aromatic N) is 2. The Morgan fingerprint density at radius 3 is 2.84 bits per heavy atom. The normalized spacial score (nSPS) is 19.8. The average molecular weight is 283 g/mol. The summed E-state index contributed by atoms with van der Waals surface area (Å²) >= 11 is 0.915. The largest absolute Gasteiger partial charge is 0.347 e. The molecule has 7 heteroatoms. The highest BCUT2D eigenvalue weighted by Crippen LogP contribution is 2.24. The van der Waals surface area contributed by atoms with Crippen LogP contribution in [0.3, 0.4) is 0 Å². The maximum Gasteiger partial charge on any atom is 0.324 e. The summed E-state index contributed by atoms with van der Waals surface area (Å²) < 4.78 is 0. The minimum absolute atomic E-state index is 0.000351. The van der Waals surface area contributed by atoms with E-state index < -0.39 is 4.92 Å². The first-order valence-electron chi connectivity index (χ1n) is 6.26. The Labute approximate surface area is 115 Å². The number of carbonyl (C=O) groups is 1. The minimum Gasteiger partial charge on any atom is -0.347 e. The Hall–Kier alpha value is -1.47. The van der Waals surface area contributed by atoms with Crippen molar-refractivity contribution in [3.05, 3.63) is 27.1 Å². The lowest BCUT2D eigenvalue weighted by Gasteiger charge is -2.20. The maximum absolute atomic E-state index is 12.0. The lowest BCUT2D eigenvalue weighted by Crippen LogP contribution is -2.38. The van der Waals surface area contributed by atoms with E-state index in [-0.39, 0.29) is 17.0 Å². The molecule has 19 heavy (non-hydrogen) atoms. The van der Waals surface area contributed by atoms with Gasteiger partial charge in [-0.1, -0.05) is 11.3 Å². The predicted octanol–water partition coefficient (Wildman–Crippen LogP) is 1.87. The van der Waals surface area contributed by atoms with E-state index in [9.17, 15) is 14.9 Å². The van der Waals surface area contributed by atoms with E-state index in [0.717, 1.165) is 30.8 Å². The van der Waals surface area contributed by atoms with Gasteiger partial charge in [0.1, 0.15) is 0 Å². The van der Waals surface area contributed by atoms with E-state index in [1.807, 2.05) is 0 Å². The molecule has 1 aromatic heterocycles. The number of rotatable bonds is 4. The first kappa shape index (κ1) is 14.0. The highest BCUT2D eigenvalue weighted by Gasteiger charge is 2.26. The van der Waals surface area contributed by atoms with E-state index in [1.165, 1.54) is 12.1 Å². The van der Waals surface area contributed by atoms with E-state index >= 15 is 0 Å². The van der Waals surface area contributed by atoms with Gasteiger partial charge in [0.15, 0.2) is 0 Å². The van der Waals surface area contributed by atoms with Crippen LogP contribution in [0.5, 0.6) is 0 Å². The fourth-order valence-electron chi connectivity index (χ4n) is 2.18. The summed E-state index contributed by atoms with van der Waals surface area (Å²) in [6, 6.07) is 3.49. The van der Waals surface area contributed by atoms with E-state index in [2.05, 4.69) is 24.1 Å². The Morgan fingerprint density at radius 2 is 2.32 bits per heavy atom. The van der Waals surface area contributed by atoms with Crippen molar-refractivity contribution in [2.45, 2.75) is 32.4 Å². The summed E-state index contributed by atoms with van der Waals surface area (Å²) in [5, 5.41) is 13.5. The van der Waals surface area contributed by atoms with Gasteiger partial charge in [-0.3, -0.25) is 19.8 Å². The van der Waals surface area contributed by atoms with Crippen molar-refractivity contribution in [2.75, 3.05) is 13.1 Å². The molecule has 1 atom stereocenters. The monoisotopic (exact) mass is 283 g/mol. The van der Waals surface area contributed by atoms with Gasteiger partial charge in [0.05, 0.1) is 9.80 Å². The van der Waals surface area contributed by atoms with Gasteiger partial charge in [-0.15, -0.1) is 0 Å². The van der Waals surface area contributed by atoms with Crippen LogP contribution >= 0.6 is 11.3 Å². The highest BCUT2D eigenvalue weighted by atomic mass is 32.1. The Bertz CT molecular complexity index is 486. The van der Waals surface area contributed by atoms with Crippen LogP contribution in [0.2, 0.25) is 0 Å². The molecule has 2 rings (SSSR count). The summed E-state index contributed by atoms with van der Waals surface area (Å²) in [6.07, 6.45) is 0.928. The summed E-state index contributed by atoms with van der Waals surface area (Å²) in [4.78, 5) is 24.8. The van der Waals surface area contributed by atoms with Gasteiger partial charge < -0.3 is 5.32 Å². The molecule has 0 aliphatic carbocycles. The first-order valence-corrected chi connectivity index (χ1v) is 7.08. The minimum atomic E-state index is -0.475. The first-order chi connectivity index (χ1) is 8.97. The van der Waals surface area contributed by atoms with Crippen molar-refractivity contribution in [2.24, 2.45) is 0 Å². The van der Waals surface area contributed by atoms with Crippen LogP contribution in [-0.4, -0.2) is 40.9 Å². The van der Waals surface area contributed by atoms with Crippen molar-refractivity contribution in [3.63, 3.8) is 0 Å². The number of nitro groups is 1. The van der Waals surface area contributed by atoms with Crippen LogP contribution in [0.15, 0.2) is 12.1 Å². The number of thiophene rings is 1. The summed E-state index contributed by atoms with van der Waals surface area (Å²) in [7, 11) is 0. The molecule has 1 fully saturated rings. The Morgan fingerprint density at radius 1 is 1.58 bits per heavy atom. The van der Waals surface area contributed by atoms with Crippen molar-refractivity contribution >= 4 is 22.2 Å². The number of likely N-dealkylation sites (tertiary alicyclic amines) is 1. The molecule has 1 aliphatic heterocycles. The molecule has 0 bridgehead atoms. The second-order valence-electron chi connectivity index (χ2n) is 4.94. The van der Waals surface area contributed by atoms with Crippen molar-refractivity contribution in [3.8, 4) is 0 Å². The topological polar surface area (TPSA) is 75.5 Å². The van der Waals surface area contributed by atoms with Gasteiger partial charge in [-0.2, -0.15) is 0 Å². The third-order valence-corrected chi connectivity index (χ3v) is 4.32. The summed E-state index contributed by atoms with van der Waals surface area (Å²) in [5.74, 6) is -0.214. The molecule has 1 N–H and O–H groups in total. The summed E-state index contributed by atoms with van der Waals surface area (Å²) in [6.45, 7) is 6.09. The predicted molar refractivity (Wildman–Crippen MR) is 73.6 cm³/mol. The molecular weight excluding hydrogens is 266 g/mol. The lowest BCUT2D eigenvalue weighted by molar-refractivity contribution is -0.380. The van der Waals surface area contributed by atoms with Gasteiger partial charge in [0, 0.05) is 31.2 Å². The Kier molecular flexibility index (Phi) is 4.16. The fraction of sp³-hybridized carbons (Fsp3) is 0.583. The van der Waals surface area contributed by atoms with E-state index in [0.29, 0.717) is 10.9 Å². The number of nitrogens with one attached hydrogen (secondary N) is 1. The number of carbonyl (C=O) groups excluding carboxylic acids is 1. The van der Waals surface area contributed by atoms with Crippen LogP contribution < -0.4 is 5.32 Å². The molecule has 1 saturated heterocycles. The molecular formula is C12H17N3O3S. The zero-order valence-corrected chi connectivity index (χ0v) is 11.8. The molecule has 0 spiro atoms. The van der Waals surface area contributed by atoms with Crippen molar-refractivity contribution in [1.82, 2.24) is 10.2 Å². The molecule has 0 aromatic carbocycles. The molecule has 1 aliphatic rings. The molecule has 1 amide bonds. The SMILES string of the molecule is CC(C)N1CCC(NC(=O)c2ccc([N+](=O)[O-])s2)C1. The van der Waals surface area contributed by atoms with Crippen LogP contribution in [0.1, 0.15) is 29.9 Å². The van der Waals surface area contributed by atoms with E-state index in [4.69, 9.17) is 0 Å². The third-order valence-electron chi connectivity index (χ3n) is 3.28. The van der Waals surface area contributed by atoms with Crippen LogP contribution in [0, 0.1) is 10.1 Å². The second-order valence-corrected chi connectivity index (χ2v) is 6.00. The fourth-order valence-corrected chi connectivity index (χ4v) is 2.90. The van der Waals surface area contributed by atoms with Gasteiger partial charge in [-0.25, -0.2) is 0 Å². The zero-order chi connectivity index (χ0) is 14.0. The number of hydrogen-bond donors (Lipinski definition) is 1. The number of hydrogen-bond acceptors (Lipinski definition) is 5. The van der Waals surface area contributed by atoms with Gasteiger partial charge in [-0.05, 0) is 26.3 Å². The van der Waals surface area contributed by atoms with Crippen LogP contribution in [0.4, 0.5) is 5.00 Å². The van der Waals surface area contributed by atoms with Gasteiger partial charge in [0.2, 0.25) is 0 Å². The quantitative estimate of drug-likeness (QED) is 0.676. The van der Waals surface area contributed by atoms with Crippen LogP contribution in [0.25, 0.3) is 0 Å². The molecule has 0 radical (unpaired) electrons. The van der Waals surface area contributed by atoms with Gasteiger partial charge in [0.25, 0.3) is 5.91 Å². The van der Waals surface area contributed by atoms with Crippen molar-refractivity contribution < 1.29 is 9.72 Å². The van der Waals surface area contributed by atoms with Crippen LogP contribution in [-0.2, 0) is 0 Å².